The van der Waals surface area contributed by atoms with Crippen LogP contribution in [0.15, 0.2) is 18.6 Å². The molecule has 1 fully saturated rings. The molecule has 0 aromatic carbocycles. The first-order valence-electron chi connectivity index (χ1n) is 7.36. The number of nitrogen functional groups attached to an aromatic ring is 1. The Morgan fingerprint density at radius 3 is 2.84 bits per heavy atom. The van der Waals surface area contributed by atoms with Gasteiger partial charge < -0.3 is 29.9 Å². The van der Waals surface area contributed by atoms with Gasteiger partial charge in [0.2, 0.25) is 0 Å². The van der Waals surface area contributed by atoms with E-state index in [1.807, 2.05) is 0 Å². The lowest BCUT2D eigenvalue weighted by Gasteiger charge is -2.25. The molecule has 10 nitrogen and oxygen atoms in total. The van der Waals surface area contributed by atoms with Crippen LogP contribution in [-0.4, -0.2) is 53.4 Å². The molecule has 5 atom stereocenters. The van der Waals surface area contributed by atoms with E-state index >= 15 is 4.39 Å². The van der Waals surface area contributed by atoms with Crippen LogP contribution in [0.2, 0.25) is 0 Å². The molecule has 1 aliphatic rings. The fourth-order valence-electron chi connectivity index (χ4n) is 2.98. The second-order valence-corrected chi connectivity index (χ2v) is 7.26. The molecule has 138 valence electrons. The van der Waals surface area contributed by atoms with Crippen molar-refractivity contribution < 1.29 is 33.1 Å². The highest BCUT2D eigenvalue weighted by Crippen LogP contribution is 2.46. The molecular formula is C13H18FN4O6P. The van der Waals surface area contributed by atoms with Gasteiger partial charge in [-0.25, -0.2) is 18.9 Å². The van der Waals surface area contributed by atoms with Crippen LogP contribution in [-0.2, 0) is 13.8 Å². The van der Waals surface area contributed by atoms with Gasteiger partial charge in [-0.2, -0.15) is 0 Å². The van der Waals surface area contributed by atoms with Gasteiger partial charge in [0.15, 0.2) is 11.9 Å². The van der Waals surface area contributed by atoms with Gasteiger partial charge >= 0.3 is 7.82 Å². The average Bonchev–Trinajstić information content (AvgIpc) is 2.99. The van der Waals surface area contributed by atoms with Crippen LogP contribution >= 0.6 is 7.82 Å². The zero-order chi connectivity index (χ0) is 18.6. The molecule has 0 aliphatic carbocycles. The van der Waals surface area contributed by atoms with E-state index in [4.69, 9.17) is 20.3 Å². The van der Waals surface area contributed by atoms with Crippen molar-refractivity contribution in [2.45, 2.75) is 44.1 Å². The number of fused-ring (bicyclic) bond motifs is 1. The van der Waals surface area contributed by atoms with Crippen molar-refractivity contribution in [2.75, 3.05) is 5.73 Å². The molecular weight excluding hydrogens is 358 g/mol. The van der Waals surface area contributed by atoms with Gasteiger partial charge in [-0.05, 0) is 19.9 Å². The Morgan fingerprint density at radius 1 is 1.52 bits per heavy atom. The van der Waals surface area contributed by atoms with Crippen LogP contribution in [0.3, 0.4) is 0 Å². The number of anilines is 1. The summed E-state index contributed by atoms with van der Waals surface area (Å²) >= 11 is 0. The van der Waals surface area contributed by atoms with E-state index in [0.29, 0.717) is 11.0 Å². The van der Waals surface area contributed by atoms with Gasteiger partial charge in [0, 0.05) is 6.20 Å². The largest absolute Gasteiger partial charge is 0.469 e. The number of aliphatic hydroxyl groups excluding tert-OH is 1. The van der Waals surface area contributed by atoms with Crippen molar-refractivity contribution in [3.63, 3.8) is 0 Å². The molecule has 0 bridgehead atoms. The fraction of sp³-hybridized carbons (Fsp3) is 0.538. The SMILES string of the molecule is CC(OP(=O)(O)O)C1OC(n2ccc3c(N)ncnc32)C(C)(F)C1O. The third-order valence-electron chi connectivity index (χ3n) is 4.22. The molecule has 0 amide bonds. The quantitative estimate of drug-likeness (QED) is 0.559. The lowest BCUT2D eigenvalue weighted by molar-refractivity contribution is -0.0774. The summed E-state index contributed by atoms with van der Waals surface area (Å²) in [6.45, 7) is 2.41. The van der Waals surface area contributed by atoms with Crippen LogP contribution in [0.1, 0.15) is 20.1 Å². The van der Waals surface area contributed by atoms with Crippen molar-refractivity contribution in [1.29, 1.82) is 0 Å². The molecule has 1 aliphatic heterocycles. The Balaban J connectivity index is 1.96. The normalized spacial score (nSPS) is 31.5. The Labute approximate surface area is 141 Å². The second kappa shape index (κ2) is 5.97. The van der Waals surface area contributed by atoms with Crippen molar-refractivity contribution >= 4 is 24.7 Å². The third kappa shape index (κ3) is 3.14. The summed E-state index contributed by atoms with van der Waals surface area (Å²) in [5.41, 5.74) is 3.78. The maximum Gasteiger partial charge on any atom is 0.469 e. The molecule has 12 heteroatoms. The van der Waals surface area contributed by atoms with E-state index in [9.17, 15) is 9.67 Å². The first-order chi connectivity index (χ1) is 11.5. The maximum absolute atomic E-state index is 15.2. The maximum atomic E-state index is 15.2. The van der Waals surface area contributed by atoms with E-state index in [1.54, 1.807) is 6.07 Å². The number of nitrogens with two attached hydrogens (primary N) is 1. The zero-order valence-electron chi connectivity index (χ0n) is 13.4. The van der Waals surface area contributed by atoms with Crippen LogP contribution in [0.4, 0.5) is 10.2 Å². The van der Waals surface area contributed by atoms with E-state index in [2.05, 4.69) is 14.5 Å². The van der Waals surface area contributed by atoms with Gasteiger partial charge in [0.1, 0.15) is 30.0 Å². The summed E-state index contributed by atoms with van der Waals surface area (Å²) in [7, 11) is -4.83. The highest BCUT2D eigenvalue weighted by Gasteiger charge is 2.57. The van der Waals surface area contributed by atoms with E-state index in [-0.39, 0.29) is 5.82 Å². The van der Waals surface area contributed by atoms with Gasteiger partial charge in [0.25, 0.3) is 0 Å². The Morgan fingerprint density at radius 2 is 2.20 bits per heavy atom. The number of hydrogen-bond donors (Lipinski definition) is 4. The number of hydrogen-bond acceptors (Lipinski definition) is 7. The minimum atomic E-state index is -4.83. The minimum Gasteiger partial charge on any atom is -0.387 e. The molecule has 25 heavy (non-hydrogen) atoms. The molecule has 3 rings (SSSR count). The Kier molecular flexibility index (Phi) is 4.34. The molecule has 0 spiro atoms. The van der Waals surface area contributed by atoms with Crippen molar-refractivity contribution in [3.8, 4) is 0 Å². The van der Waals surface area contributed by atoms with Gasteiger partial charge in [0.05, 0.1) is 11.5 Å². The molecule has 2 aromatic rings. The minimum absolute atomic E-state index is 0.206. The van der Waals surface area contributed by atoms with E-state index < -0.39 is 38.0 Å². The number of aromatic nitrogens is 3. The summed E-state index contributed by atoms with van der Waals surface area (Å²) in [6.07, 6.45) is -2.84. The van der Waals surface area contributed by atoms with Crippen molar-refractivity contribution in [3.05, 3.63) is 18.6 Å². The monoisotopic (exact) mass is 376 g/mol. The molecule has 0 saturated carbocycles. The van der Waals surface area contributed by atoms with Crippen molar-refractivity contribution in [2.24, 2.45) is 0 Å². The number of aliphatic hydroxyl groups is 1. The number of alkyl halides is 1. The number of nitrogens with zero attached hydrogens (tertiary/aromatic N) is 3. The second-order valence-electron chi connectivity index (χ2n) is 6.07. The number of ether oxygens (including phenoxy) is 1. The fourth-order valence-corrected chi connectivity index (χ4v) is 3.54. The van der Waals surface area contributed by atoms with Gasteiger partial charge in [-0.1, -0.05) is 0 Å². The van der Waals surface area contributed by atoms with Crippen LogP contribution in [0.5, 0.6) is 0 Å². The zero-order valence-corrected chi connectivity index (χ0v) is 14.2. The first kappa shape index (κ1) is 18.2. The summed E-state index contributed by atoms with van der Waals surface area (Å²) < 4.78 is 37.6. The number of phosphoric acid groups is 1. The van der Waals surface area contributed by atoms with Gasteiger partial charge in [-0.3, -0.25) is 4.52 Å². The predicted molar refractivity (Wildman–Crippen MR) is 84.0 cm³/mol. The molecule has 2 aromatic heterocycles. The molecule has 3 heterocycles. The van der Waals surface area contributed by atoms with E-state index in [1.165, 1.54) is 24.0 Å². The van der Waals surface area contributed by atoms with E-state index in [0.717, 1.165) is 6.92 Å². The Bertz CT molecular complexity index is 839. The third-order valence-corrected chi connectivity index (χ3v) is 4.82. The van der Waals surface area contributed by atoms with Crippen LogP contribution in [0.25, 0.3) is 11.0 Å². The van der Waals surface area contributed by atoms with Gasteiger partial charge in [-0.15, -0.1) is 0 Å². The number of rotatable bonds is 4. The first-order valence-corrected chi connectivity index (χ1v) is 8.89. The number of phosphoric ester groups is 1. The highest BCUT2D eigenvalue weighted by molar-refractivity contribution is 7.46. The molecule has 0 radical (unpaired) electrons. The summed E-state index contributed by atoms with van der Waals surface area (Å²) in [5, 5.41) is 10.8. The summed E-state index contributed by atoms with van der Waals surface area (Å²) in [4.78, 5) is 25.7. The smallest absolute Gasteiger partial charge is 0.387 e. The summed E-state index contributed by atoms with van der Waals surface area (Å²) in [6, 6.07) is 1.58. The molecule has 5 N–H and O–H groups in total. The lowest BCUT2D eigenvalue weighted by Crippen LogP contribution is -2.43. The lowest BCUT2D eigenvalue weighted by atomic mass is 9.96. The Hall–Kier alpha value is -1.62. The molecule has 1 saturated heterocycles. The summed E-state index contributed by atoms with van der Waals surface area (Å²) in [5.74, 6) is 0.206. The number of halogens is 1. The molecule has 5 unspecified atom stereocenters. The predicted octanol–water partition coefficient (Wildman–Crippen LogP) is 0.498. The standard InChI is InChI=1S/C13H18FN4O6P/c1-6(24-25(20,21)22)8-9(19)13(2,14)12(23-8)18-4-3-7-10(15)16-5-17-11(7)18/h3-6,8-9,12,19H,1-2H3,(H2,15,16,17)(H2,20,21,22). The van der Waals surface area contributed by atoms with Crippen LogP contribution in [0, 0.1) is 0 Å². The topological polar surface area (TPSA) is 153 Å². The van der Waals surface area contributed by atoms with Crippen LogP contribution < -0.4 is 5.73 Å². The average molecular weight is 376 g/mol. The highest BCUT2D eigenvalue weighted by atomic mass is 31.2. The van der Waals surface area contributed by atoms with Crippen molar-refractivity contribution in [1.82, 2.24) is 14.5 Å².